The van der Waals surface area contributed by atoms with Crippen LogP contribution in [0.3, 0.4) is 0 Å². The van der Waals surface area contributed by atoms with Crippen LogP contribution in [0.4, 0.5) is 0 Å². The van der Waals surface area contributed by atoms with Crippen molar-refractivity contribution in [1.82, 2.24) is 14.3 Å². The first-order chi connectivity index (χ1) is 12.4. The number of nitrogens with zero attached hydrogens (tertiary/aromatic N) is 3. The molecule has 1 aromatic carbocycles. The van der Waals surface area contributed by atoms with Crippen LogP contribution in [-0.4, -0.2) is 38.1 Å². The Balaban J connectivity index is 1.94. The van der Waals surface area contributed by atoms with Gasteiger partial charge in [-0.15, -0.1) is 0 Å². The van der Waals surface area contributed by atoms with Crippen molar-refractivity contribution in [3.63, 3.8) is 0 Å². The Labute approximate surface area is 156 Å². The monoisotopic (exact) mass is 375 g/mol. The Bertz CT molecular complexity index is 945. The molecule has 1 N–H and O–H groups in total. The second-order valence-corrected chi connectivity index (χ2v) is 6.64. The van der Waals surface area contributed by atoms with Gasteiger partial charge < -0.3 is 14.4 Å². The number of halogens is 1. The van der Waals surface area contributed by atoms with E-state index in [9.17, 15) is 9.90 Å². The third-order valence-corrected chi connectivity index (χ3v) is 4.66. The van der Waals surface area contributed by atoms with Crippen molar-refractivity contribution in [1.29, 1.82) is 0 Å². The van der Waals surface area contributed by atoms with Crippen molar-refractivity contribution in [2.24, 2.45) is 7.05 Å². The van der Waals surface area contributed by atoms with E-state index < -0.39 is 12.1 Å². The van der Waals surface area contributed by atoms with E-state index in [2.05, 4.69) is 9.67 Å². The molecule has 1 unspecified atom stereocenters. The smallest absolute Gasteiger partial charge is 0.334 e. The second kappa shape index (κ2) is 7.51. The summed E-state index contributed by atoms with van der Waals surface area (Å²) in [5.41, 5.74) is 2.88. The topological polar surface area (TPSA) is 69.3 Å². The molecule has 138 valence electrons. The van der Waals surface area contributed by atoms with E-state index >= 15 is 0 Å². The number of aliphatic hydroxyl groups is 1. The number of carbonyl (C=O) groups excluding carboxylic acids is 1. The van der Waals surface area contributed by atoms with E-state index in [-0.39, 0.29) is 13.0 Å². The molecule has 0 bridgehead atoms. The molecule has 0 amide bonds. The fraction of sp³-hybridized carbons (Fsp3) is 0.368. The fourth-order valence-corrected chi connectivity index (χ4v) is 3.40. The summed E-state index contributed by atoms with van der Waals surface area (Å²) in [6.07, 6.45) is 1.64. The number of hydrogen-bond donors (Lipinski definition) is 1. The van der Waals surface area contributed by atoms with Crippen LogP contribution >= 0.6 is 11.6 Å². The van der Waals surface area contributed by atoms with Gasteiger partial charge >= 0.3 is 5.97 Å². The molecule has 3 aromatic rings. The molecule has 0 aliphatic heterocycles. The Morgan fingerprint density at radius 2 is 2.15 bits per heavy atom. The summed E-state index contributed by atoms with van der Waals surface area (Å²) in [6, 6.07) is 7.74. The molecule has 0 radical (unpaired) electrons. The second-order valence-electron chi connectivity index (χ2n) is 6.21. The zero-order valence-electron chi connectivity index (χ0n) is 15.1. The zero-order valence-corrected chi connectivity index (χ0v) is 15.8. The highest BCUT2D eigenvalue weighted by atomic mass is 35.5. The largest absolute Gasteiger partial charge is 0.464 e. The fourth-order valence-electron chi connectivity index (χ4n) is 3.22. The van der Waals surface area contributed by atoms with Crippen molar-refractivity contribution in [3.05, 3.63) is 46.7 Å². The quantitative estimate of drug-likeness (QED) is 0.672. The van der Waals surface area contributed by atoms with E-state index in [1.165, 1.54) is 0 Å². The Kier molecular flexibility index (Phi) is 5.34. The van der Waals surface area contributed by atoms with Crippen LogP contribution in [0.25, 0.3) is 16.7 Å². The summed E-state index contributed by atoms with van der Waals surface area (Å²) in [7, 11) is 1.88. The summed E-state index contributed by atoms with van der Waals surface area (Å²) in [5.74, 6) is 0.326. The molecule has 2 aromatic heterocycles. The SMILES string of the molecule is CCOC(=O)C(O)CCc1c(C)nn(C)c1-n1ccc2cc(Cl)ccc21. The van der Waals surface area contributed by atoms with E-state index in [1.54, 1.807) is 6.92 Å². The number of fused-ring (bicyclic) bond motifs is 1. The summed E-state index contributed by atoms with van der Waals surface area (Å²) >= 11 is 6.08. The Morgan fingerprint density at radius 3 is 2.88 bits per heavy atom. The number of ether oxygens (including phenoxy) is 1. The Hall–Kier alpha value is -2.31. The van der Waals surface area contributed by atoms with Gasteiger partial charge in [-0.05, 0) is 51.0 Å². The van der Waals surface area contributed by atoms with Crippen LogP contribution in [0.2, 0.25) is 5.02 Å². The van der Waals surface area contributed by atoms with E-state index in [0.29, 0.717) is 11.4 Å². The van der Waals surface area contributed by atoms with E-state index in [0.717, 1.165) is 28.0 Å². The predicted molar refractivity (Wildman–Crippen MR) is 101 cm³/mol. The van der Waals surface area contributed by atoms with Crippen molar-refractivity contribution in [2.75, 3.05) is 6.61 Å². The Morgan fingerprint density at radius 1 is 1.38 bits per heavy atom. The summed E-state index contributed by atoms with van der Waals surface area (Å²) in [5, 5.41) is 16.3. The third kappa shape index (κ3) is 3.48. The summed E-state index contributed by atoms with van der Waals surface area (Å²) in [4.78, 5) is 11.7. The number of aryl methyl sites for hydroxylation is 2. The van der Waals surface area contributed by atoms with Crippen molar-refractivity contribution in [3.8, 4) is 5.82 Å². The van der Waals surface area contributed by atoms with Crippen LogP contribution in [-0.2, 0) is 23.0 Å². The molecule has 26 heavy (non-hydrogen) atoms. The van der Waals surface area contributed by atoms with Crippen LogP contribution in [0.15, 0.2) is 30.5 Å². The lowest BCUT2D eigenvalue weighted by atomic mass is 10.1. The number of rotatable bonds is 6. The molecule has 0 spiro atoms. The van der Waals surface area contributed by atoms with Gasteiger partial charge in [0.2, 0.25) is 0 Å². The number of aromatic nitrogens is 3. The number of hydrogen-bond acceptors (Lipinski definition) is 4. The maximum Gasteiger partial charge on any atom is 0.334 e. The maximum absolute atomic E-state index is 11.7. The van der Waals surface area contributed by atoms with Gasteiger partial charge in [0.15, 0.2) is 6.10 Å². The average Bonchev–Trinajstić information content (AvgIpc) is 3.12. The minimum Gasteiger partial charge on any atom is -0.464 e. The highest BCUT2D eigenvalue weighted by Crippen LogP contribution is 2.27. The summed E-state index contributed by atoms with van der Waals surface area (Å²) in [6.45, 7) is 3.90. The van der Waals surface area contributed by atoms with Crippen molar-refractivity contribution < 1.29 is 14.6 Å². The van der Waals surface area contributed by atoms with Gasteiger partial charge in [-0.2, -0.15) is 5.10 Å². The molecule has 7 heteroatoms. The molecule has 0 saturated heterocycles. The average molecular weight is 376 g/mol. The van der Waals surface area contributed by atoms with Crippen LogP contribution in [0, 0.1) is 6.92 Å². The molecular weight excluding hydrogens is 354 g/mol. The first-order valence-corrected chi connectivity index (χ1v) is 8.94. The predicted octanol–water partition coefficient (Wildman–Crippen LogP) is 3.18. The molecule has 0 saturated carbocycles. The van der Waals surface area contributed by atoms with Crippen LogP contribution in [0.1, 0.15) is 24.6 Å². The molecule has 0 fully saturated rings. The van der Waals surface area contributed by atoms with Gasteiger partial charge in [-0.3, -0.25) is 4.68 Å². The molecule has 2 heterocycles. The lowest BCUT2D eigenvalue weighted by Gasteiger charge is -2.12. The normalized spacial score (nSPS) is 12.5. The van der Waals surface area contributed by atoms with Crippen molar-refractivity contribution in [2.45, 2.75) is 32.8 Å². The molecular formula is C19H22ClN3O3. The van der Waals surface area contributed by atoms with Gasteiger partial charge in [0.05, 0.1) is 17.8 Å². The highest BCUT2D eigenvalue weighted by molar-refractivity contribution is 6.31. The standard InChI is InChI=1S/C19H22ClN3O3/c1-4-26-19(25)17(24)8-6-15-12(2)21-22(3)18(15)23-10-9-13-11-14(20)5-7-16(13)23/h5,7,9-11,17,24H,4,6,8H2,1-3H3. The summed E-state index contributed by atoms with van der Waals surface area (Å²) < 4.78 is 8.74. The van der Waals surface area contributed by atoms with Gasteiger partial charge in [-0.25, -0.2) is 4.79 Å². The zero-order chi connectivity index (χ0) is 18.8. The van der Waals surface area contributed by atoms with Gasteiger partial charge in [0, 0.05) is 29.2 Å². The number of esters is 1. The molecule has 0 aliphatic carbocycles. The first kappa shape index (κ1) is 18.5. The highest BCUT2D eigenvalue weighted by Gasteiger charge is 2.21. The first-order valence-electron chi connectivity index (χ1n) is 8.56. The van der Waals surface area contributed by atoms with Gasteiger partial charge in [-0.1, -0.05) is 11.6 Å². The number of benzene rings is 1. The molecule has 6 nitrogen and oxygen atoms in total. The number of aliphatic hydroxyl groups excluding tert-OH is 1. The molecule has 0 aliphatic rings. The molecule has 1 atom stereocenters. The maximum atomic E-state index is 11.7. The van der Waals surface area contributed by atoms with E-state index in [4.69, 9.17) is 16.3 Å². The minimum absolute atomic E-state index is 0.255. The van der Waals surface area contributed by atoms with Gasteiger partial charge in [0.25, 0.3) is 0 Å². The van der Waals surface area contributed by atoms with Gasteiger partial charge in [0.1, 0.15) is 5.82 Å². The lowest BCUT2D eigenvalue weighted by Crippen LogP contribution is -2.23. The molecule has 3 rings (SSSR count). The third-order valence-electron chi connectivity index (χ3n) is 4.42. The minimum atomic E-state index is -1.14. The lowest BCUT2D eigenvalue weighted by molar-refractivity contribution is -0.153. The van der Waals surface area contributed by atoms with E-state index in [1.807, 2.05) is 49.1 Å². The van der Waals surface area contributed by atoms with Crippen LogP contribution in [0.5, 0.6) is 0 Å². The van der Waals surface area contributed by atoms with Crippen LogP contribution < -0.4 is 0 Å². The number of carbonyl (C=O) groups is 1. The van der Waals surface area contributed by atoms with Crippen molar-refractivity contribution >= 4 is 28.5 Å².